The van der Waals surface area contributed by atoms with Gasteiger partial charge < -0.3 is 19.4 Å². The summed E-state index contributed by atoms with van der Waals surface area (Å²) in [5.41, 5.74) is 1.00. The Labute approximate surface area is 170 Å². The van der Waals surface area contributed by atoms with Crippen LogP contribution in [0, 0.1) is 24.4 Å². The van der Waals surface area contributed by atoms with Crippen LogP contribution in [0.2, 0.25) is 0 Å². The number of rotatable bonds is 7. The van der Waals surface area contributed by atoms with Crippen molar-refractivity contribution in [2.75, 3.05) is 19.0 Å². The lowest BCUT2D eigenvalue weighted by atomic mass is 10.2. The molecule has 0 amide bonds. The highest BCUT2D eigenvalue weighted by molar-refractivity contribution is 5.61. The summed E-state index contributed by atoms with van der Waals surface area (Å²) < 4.78 is 52.5. The van der Waals surface area contributed by atoms with E-state index in [2.05, 4.69) is 10.3 Å². The van der Waals surface area contributed by atoms with Crippen LogP contribution >= 0.6 is 0 Å². The first kappa shape index (κ1) is 21.2. The molecule has 30 heavy (non-hydrogen) atoms. The fourth-order valence-corrected chi connectivity index (χ4v) is 2.84. The van der Waals surface area contributed by atoms with E-state index in [-0.39, 0.29) is 23.8 Å². The third kappa shape index (κ3) is 4.56. The van der Waals surface area contributed by atoms with E-state index in [1.165, 1.54) is 17.9 Å². The van der Waals surface area contributed by atoms with Crippen LogP contribution in [0.25, 0.3) is 0 Å². The molecule has 0 unspecified atom stereocenters. The molecule has 0 saturated carbocycles. The average molecular weight is 419 g/mol. The number of hydrogen-bond donors (Lipinski definition) is 1. The number of benzene rings is 2. The summed E-state index contributed by atoms with van der Waals surface area (Å²) in [6.45, 7) is 4.10. The Hall–Kier alpha value is -3.49. The third-order valence-corrected chi connectivity index (χ3v) is 4.35. The van der Waals surface area contributed by atoms with Gasteiger partial charge in [-0.2, -0.15) is 4.98 Å². The Morgan fingerprint density at radius 3 is 2.47 bits per heavy atom. The van der Waals surface area contributed by atoms with Gasteiger partial charge in [0.25, 0.3) is 0 Å². The number of halogens is 3. The van der Waals surface area contributed by atoms with Gasteiger partial charge in [-0.05, 0) is 43.2 Å². The molecule has 0 atom stereocenters. The molecule has 0 saturated heterocycles. The van der Waals surface area contributed by atoms with Crippen molar-refractivity contribution in [3.8, 4) is 11.5 Å². The highest BCUT2D eigenvalue weighted by Gasteiger charge is 2.15. The average Bonchev–Trinajstić information content (AvgIpc) is 2.70. The molecule has 158 valence electrons. The van der Waals surface area contributed by atoms with Gasteiger partial charge in [0.1, 0.15) is 5.75 Å². The molecule has 1 aromatic heterocycles. The smallest absolute Gasteiger partial charge is 0.316 e. The van der Waals surface area contributed by atoms with E-state index < -0.39 is 23.0 Å². The summed E-state index contributed by atoms with van der Waals surface area (Å²) in [5.74, 6) is -3.47. The summed E-state index contributed by atoms with van der Waals surface area (Å²) in [5, 5.41) is 3.05. The number of aryl methyl sites for hydroxylation is 1. The zero-order valence-electron chi connectivity index (χ0n) is 16.6. The van der Waals surface area contributed by atoms with Crippen molar-refractivity contribution in [1.29, 1.82) is 0 Å². The quantitative estimate of drug-likeness (QED) is 0.583. The molecule has 3 rings (SSSR count). The van der Waals surface area contributed by atoms with Crippen molar-refractivity contribution >= 4 is 11.6 Å². The fraction of sp³-hybridized carbons (Fsp3) is 0.238. The molecule has 1 N–H and O–H groups in total. The lowest BCUT2D eigenvalue weighted by Crippen LogP contribution is -2.19. The van der Waals surface area contributed by atoms with Crippen LogP contribution in [-0.2, 0) is 6.54 Å². The minimum absolute atomic E-state index is 0.0524. The fourth-order valence-electron chi connectivity index (χ4n) is 2.84. The van der Waals surface area contributed by atoms with Gasteiger partial charge >= 0.3 is 5.56 Å². The normalized spacial score (nSPS) is 10.7. The molecular formula is C21H20F3N3O3. The van der Waals surface area contributed by atoms with Crippen LogP contribution < -0.4 is 20.3 Å². The lowest BCUT2D eigenvalue weighted by Gasteiger charge is -2.17. The second-order valence-electron chi connectivity index (χ2n) is 6.47. The summed E-state index contributed by atoms with van der Waals surface area (Å²) in [7, 11) is 1.31. The van der Waals surface area contributed by atoms with E-state index in [1.54, 1.807) is 6.07 Å². The van der Waals surface area contributed by atoms with Gasteiger partial charge in [0, 0.05) is 11.8 Å². The third-order valence-electron chi connectivity index (χ3n) is 4.35. The Morgan fingerprint density at radius 2 is 1.83 bits per heavy atom. The number of nitrogens with zero attached hydrogens (tertiary/aromatic N) is 2. The van der Waals surface area contributed by atoms with Gasteiger partial charge in [0.15, 0.2) is 17.5 Å². The highest BCUT2D eigenvalue weighted by atomic mass is 19.2. The van der Waals surface area contributed by atoms with Crippen LogP contribution in [-0.4, -0.2) is 23.3 Å². The molecule has 9 heteroatoms. The van der Waals surface area contributed by atoms with Gasteiger partial charge in [-0.25, -0.2) is 13.2 Å². The summed E-state index contributed by atoms with van der Waals surface area (Å²) in [6.07, 6.45) is 1.36. The van der Waals surface area contributed by atoms with E-state index in [0.717, 1.165) is 17.7 Å². The summed E-state index contributed by atoms with van der Waals surface area (Å²) in [6, 6.07) is 7.16. The summed E-state index contributed by atoms with van der Waals surface area (Å²) >= 11 is 0. The van der Waals surface area contributed by atoms with Gasteiger partial charge in [0.2, 0.25) is 11.7 Å². The number of nitrogens with one attached hydrogen (secondary N) is 1. The van der Waals surface area contributed by atoms with Crippen LogP contribution in [0.3, 0.4) is 0 Å². The first-order chi connectivity index (χ1) is 14.3. The monoisotopic (exact) mass is 419 g/mol. The van der Waals surface area contributed by atoms with Crippen molar-refractivity contribution in [2.45, 2.75) is 20.4 Å². The van der Waals surface area contributed by atoms with Crippen LogP contribution in [0.4, 0.5) is 24.8 Å². The largest absolute Gasteiger partial charge is 0.494 e. The maximum absolute atomic E-state index is 13.6. The zero-order valence-corrected chi connectivity index (χ0v) is 16.6. The second kappa shape index (κ2) is 8.89. The highest BCUT2D eigenvalue weighted by Crippen LogP contribution is 2.25. The van der Waals surface area contributed by atoms with Gasteiger partial charge in [-0.15, -0.1) is 0 Å². The van der Waals surface area contributed by atoms with E-state index in [1.807, 2.05) is 26.0 Å². The molecule has 0 spiro atoms. The Kier molecular flexibility index (Phi) is 6.29. The number of anilines is 2. The molecule has 0 bridgehead atoms. The first-order valence-electron chi connectivity index (χ1n) is 9.11. The molecule has 0 radical (unpaired) electrons. The molecule has 3 aromatic rings. The van der Waals surface area contributed by atoms with Crippen molar-refractivity contribution in [3.05, 3.63) is 75.5 Å². The number of hydrogen-bond acceptors (Lipinski definition) is 5. The molecule has 0 aliphatic heterocycles. The number of methoxy groups -OCH3 is 1. The van der Waals surface area contributed by atoms with Crippen molar-refractivity contribution in [2.24, 2.45) is 0 Å². The van der Waals surface area contributed by atoms with E-state index in [0.29, 0.717) is 18.0 Å². The Morgan fingerprint density at radius 1 is 1.13 bits per heavy atom. The SMILES string of the molecule is CCOc1ccc(C)c(Nc2nc(=O)c(OC)cn2Cc2cc(F)c(F)c(F)c2)c1. The minimum Gasteiger partial charge on any atom is -0.494 e. The van der Waals surface area contributed by atoms with E-state index >= 15 is 0 Å². The first-order valence-corrected chi connectivity index (χ1v) is 9.11. The molecule has 0 aliphatic rings. The van der Waals surface area contributed by atoms with Gasteiger partial charge in [-0.3, -0.25) is 4.79 Å². The standard InChI is InChI=1S/C21H20F3N3O3/c1-4-30-14-6-5-12(2)17(9-14)25-21-26-20(28)18(29-3)11-27(21)10-13-7-15(22)19(24)16(23)8-13/h5-9,11H,4,10H2,1-3H3,(H,25,26,28). The second-order valence-corrected chi connectivity index (χ2v) is 6.47. The van der Waals surface area contributed by atoms with Crippen molar-refractivity contribution in [1.82, 2.24) is 9.55 Å². The molecule has 2 aromatic carbocycles. The predicted octanol–water partition coefficient (Wildman–Crippen LogP) is 4.17. The molecule has 6 nitrogen and oxygen atoms in total. The number of ether oxygens (including phenoxy) is 2. The van der Waals surface area contributed by atoms with Crippen LogP contribution in [0.1, 0.15) is 18.1 Å². The van der Waals surface area contributed by atoms with Gasteiger partial charge in [-0.1, -0.05) is 6.07 Å². The Bertz CT molecular complexity index is 1110. The minimum atomic E-state index is -1.55. The molecule has 0 aliphatic carbocycles. The van der Waals surface area contributed by atoms with Crippen molar-refractivity contribution < 1.29 is 22.6 Å². The van der Waals surface area contributed by atoms with Crippen LogP contribution in [0.15, 0.2) is 41.3 Å². The van der Waals surface area contributed by atoms with Crippen molar-refractivity contribution in [3.63, 3.8) is 0 Å². The van der Waals surface area contributed by atoms with Crippen LogP contribution in [0.5, 0.6) is 11.5 Å². The Balaban J connectivity index is 2.04. The maximum atomic E-state index is 13.6. The summed E-state index contributed by atoms with van der Waals surface area (Å²) in [4.78, 5) is 16.2. The lowest BCUT2D eigenvalue weighted by molar-refractivity contribution is 0.340. The maximum Gasteiger partial charge on any atom is 0.316 e. The zero-order chi connectivity index (χ0) is 21.8. The molecule has 1 heterocycles. The van der Waals surface area contributed by atoms with E-state index in [9.17, 15) is 18.0 Å². The van der Waals surface area contributed by atoms with Gasteiger partial charge in [0.05, 0.1) is 26.5 Å². The van der Waals surface area contributed by atoms with E-state index in [4.69, 9.17) is 9.47 Å². The predicted molar refractivity (Wildman–Crippen MR) is 106 cm³/mol. The molecule has 0 fully saturated rings. The number of aromatic nitrogens is 2. The topological polar surface area (TPSA) is 65.4 Å². The molecular weight excluding hydrogens is 399 g/mol.